The lowest BCUT2D eigenvalue weighted by atomic mass is 10.1. The van der Waals surface area contributed by atoms with Gasteiger partial charge in [0.2, 0.25) is 0 Å². The number of benzene rings is 1. The Morgan fingerprint density at radius 2 is 2.10 bits per heavy atom. The third kappa shape index (κ3) is 4.04. The molecule has 2 rings (SSSR count). The maximum absolute atomic E-state index is 11.0. The van der Waals surface area contributed by atoms with Gasteiger partial charge in [-0.05, 0) is 31.2 Å². The highest BCUT2D eigenvalue weighted by Gasteiger charge is 2.07. The van der Waals surface area contributed by atoms with E-state index < -0.39 is 16.2 Å². The van der Waals surface area contributed by atoms with Crippen LogP contribution >= 0.6 is 15.9 Å². The lowest BCUT2D eigenvalue weighted by Crippen LogP contribution is -2.11. The van der Waals surface area contributed by atoms with E-state index in [1.165, 1.54) is 0 Å². The van der Waals surface area contributed by atoms with Gasteiger partial charge in [0.05, 0.1) is 11.8 Å². The van der Waals surface area contributed by atoms with Gasteiger partial charge in [-0.15, -0.1) is 0 Å². The molecule has 0 aliphatic rings. The van der Waals surface area contributed by atoms with E-state index in [4.69, 9.17) is 4.18 Å². The number of hydrogen-bond donors (Lipinski definition) is 0. The van der Waals surface area contributed by atoms with Crippen LogP contribution in [0.2, 0.25) is 0 Å². The number of pyridine rings is 1. The van der Waals surface area contributed by atoms with Crippen molar-refractivity contribution in [2.45, 2.75) is 13.0 Å². The summed E-state index contributed by atoms with van der Waals surface area (Å²) in [4.78, 5) is 4.25. The standard InChI is InChI=1S/C14H12BrNO3S/c1-10(19-20(2,17)18)3-4-11-7-8-16-14-6-5-12(15)9-13(11)14/h5-10H,1-2H3. The summed E-state index contributed by atoms with van der Waals surface area (Å²) in [6, 6.07) is 7.51. The van der Waals surface area contributed by atoms with Crippen LogP contribution in [0.4, 0.5) is 0 Å². The molecule has 0 amide bonds. The Morgan fingerprint density at radius 1 is 1.35 bits per heavy atom. The van der Waals surface area contributed by atoms with Gasteiger partial charge in [-0.1, -0.05) is 27.8 Å². The zero-order valence-corrected chi connectivity index (χ0v) is 13.3. The molecule has 20 heavy (non-hydrogen) atoms. The summed E-state index contributed by atoms with van der Waals surface area (Å²) in [5.74, 6) is 5.71. The second-order valence-electron chi connectivity index (χ2n) is 4.23. The van der Waals surface area contributed by atoms with E-state index in [2.05, 4.69) is 32.8 Å². The third-order valence-corrected chi connectivity index (χ3v) is 3.56. The fraction of sp³-hybridized carbons (Fsp3) is 0.214. The van der Waals surface area contributed by atoms with E-state index in [0.717, 1.165) is 27.2 Å². The monoisotopic (exact) mass is 353 g/mol. The zero-order chi connectivity index (χ0) is 14.8. The molecule has 0 aliphatic heterocycles. The molecule has 0 spiro atoms. The van der Waals surface area contributed by atoms with Crippen LogP contribution in [0, 0.1) is 11.8 Å². The van der Waals surface area contributed by atoms with Gasteiger partial charge in [0.25, 0.3) is 10.1 Å². The van der Waals surface area contributed by atoms with Crippen LogP contribution in [0.5, 0.6) is 0 Å². The minimum Gasteiger partial charge on any atom is -0.256 e. The van der Waals surface area contributed by atoms with Crippen LogP contribution in [-0.4, -0.2) is 25.8 Å². The minimum atomic E-state index is -3.50. The number of aromatic nitrogens is 1. The molecule has 1 aromatic heterocycles. The molecule has 104 valence electrons. The Labute approximate surface area is 126 Å². The predicted molar refractivity (Wildman–Crippen MR) is 81.7 cm³/mol. The molecule has 6 heteroatoms. The fourth-order valence-electron chi connectivity index (χ4n) is 1.69. The summed E-state index contributed by atoms with van der Waals surface area (Å²) < 4.78 is 27.7. The predicted octanol–water partition coefficient (Wildman–Crippen LogP) is 2.71. The molecule has 1 unspecified atom stereocenters. The Hall–Kier alpha value is -1.42. The highest BCUT2D eigenvalue weighted by molar-refractivity contribution is 9.10. The van der Waals surface area contributed by atoms with Gasteiger partial charge in [-0.2, -0.15) is 8.42 Å². The van der Waals surface area contributed by atoms with Crippen molar-refractivity contribution in [1.82, 2.24) is 4.98 Å². The first-order chi connectivity index (χ1) is 9.35. The third-order valence-electron chi connectivity index (χ3n) is 2.43. The smallest absolute Gasteiger partial charge is 0.256 e. The summed E-state index contributed by atoms with van der Waals surface area (Å²) in [6.07, 6.45) is 1.98. The lowest BCUT2D eigenvalue weighted by Gasteiger charge is -2.03. The molecule has 1 atom stereocenters. The SMILES string of the molecule is CC(C#Cc1ccnc2ccc(Br)cc12)OS(C)(=O)=O. The molecular formula is C14H12BrNO3S. The second kappa shape index (κ2) is 5.92. The van der Waals surface area contributed by atoms with E-state index in [-0.39, 0.29) is 0 Å². The highest BCUT2D eigenvalue weighted by atomic mass is 79.9. The topological polar surface area (TPSA) is 56.3 Å². The van der Waals surface area contributed by atoms with Gasteiger partial charge in [-0.25, -0.2) is 0 Å². The van der Waals surface area contributed by atoms with Gasteiger partial charge in [0.15, 0.2) is 0 Å². The van der Waals surface area contributed by atoms with Crippen LogP contribution in [-0.2, 0) is 14.3 Å². The number of rotatable bonds is 2. The van der Waals surface area contributed by atoms with E-state index in [1.807, 2.05) is 18.2 Å². The van der Waals surface area contributed by atoms with E-state index in [0.29, 0.717) is 0 Å². The van der Waals surface area contributed by atoms with Gasteiger partial charge in [-0.3, -0.25) is 9.17 Å². The zero-order valence-electron chi connectivity index (χ0n) is 10.9. The van der Waals surface area contributed by atoms with Gasteiger partial charge >= 0.3 is 0 Å². The molecule has 0 aliphatic carbocycles. The fourth-order valence-corrected chi connectivity index (χ4v) is 2.63. The maximum Gasteiger partial charge on any atom is 0.265 e. The summed E-state index contributed by atoms with van der Waals surface area (Å²) >= 11 is 3.41. The minimum absolute atomic E-state index is 0.694. The number of fused-ring (bicyclic) bond motifs is 1. The average molecular weight is 354 g/mol. The summed E-state index contributed by atoms with van der Waals surface area (Å²) in [7, 11) is -3.50. The second-order valence-corrected chi connectivity index (χ2v) is 6.75. The first-order valence-electron chi connectivity index (χ1n) is 5.79. The lowest BCUT2D eigenvalue weighted by molar-refractivity contribution is 0.286. The summed E-state index contributed by atoms with van der Waals surface area (Å²) in [6.45, 7) is 1.59. The summed E-state index contributed by atoms with van der Waals surface area (Å²) in [5.41, 5.74) is 1.61. The molecule has 0 N–H and O–H groups in total. The van der Waals surface area contributed by atoms with Crippen LogP contribution in [0.3, 0.4) is 0 Å². The van der Waals surface area contributed by atoms with Crippen LogP contribution in [0.15, 0.2) is 34.9 Å². The quantitative estimate of drug-likeness (QED) is 0.615. The van der Waals surface area contributed by atoms with E-state index >= 15 is 0 Å². The van der Waals surface area contributed by atoms with Crippen molar-refractivity contribution in [2.24, 2.45) is 0 Å². The molecule has 2 aromatic rings. The first-order valence-corrected chi connectivity index (χ1v) is 8.40. The first kappa shape index (κ1) is 15.0. The van der Waals surface area contributed by atoms with Crippen LogP contribution in [0.25, 0.3) is 10.9 Å². The van der Waals surface area contributed by atoms with Crippen molar-refractivity contribution >= 4 is 37.0 Å². The normalized spacial score (nSPS) is 12.8. The van der Waals surface area contributed by atoms with E-state index in [1.54, 1.807) is 19.2 Å². The number of hydrogen-bond acceptors (Lipinski definition) is 4. The van der Waals surface area contributed by atoms with Crippen molar-refractivity contribution in [3.63, 3.8) is 0 Å². The Kier molecular flexibility index (Phi) is 4.43. The molecule has 0 saturated carbocycles. The van der Waals surface area contributed by atoms with E-state index in [9.17, 15) is 8.42 Å². The Balaban J connectivity index is 2.38. The van der Waals surface area contributed by atoms with Crippen molar-refractivity contribution in [2.75, 3.05) is 6.26 Å². The summed E-state index contributed by atoms with van der Waals surface area (Å²) in [5, 5.41) is 0.904. The maximum atomic E-state index is 11.0. The van der Waals surface area contributed by atoms with Crippen LogP contribution in [0.1, 0.15) is 12.5 Å². The molecule has 0 bridgehead atoms. The van der Waals surface area contributed by atoms with Crippen LogP contribution < -0.4 is 0 Å². The van der Waals surface area contributed by atoms with Gasteiger partial charge < -0.3 is 0 Å². The molecule has 1 heterocycles. The molecule has 1 aromatic carbocycles. The molecule has 0 radical (unpaired) electrons. The molecular weight excluding hydrogens is 342 g/mol. The number of halogens is 1. The van der Waals surface area contributed by atoms with Gasteiger partial charge in [0.1, 0.15) is 6.10 Å². The Bertz CT molecular complexity index is 806. The molecule has 4 nitrogen and oxygen atoms in total. The highest BCUT2D eigenvalue weighted by Crippen LogP contribution is 2.20. The largest absolute Gasteiger partial charge is 0.265 e. The average Bonchev–Trinajstić information content (AvgIpc) is 2.34. The van der Waals surface area contributed by atoms with Crippen molar-refractivity contribution in [3.05, 3.63) is 40.5 Å². The molecule has 0 saturated heterocycles. The number of nitrogens with zero attached hydrogens (tertiary/aromatic N) is 1. The van der Waals surface area contributed by atoms with Crippen molar-refractivity contribution in [3.8, 4) is 11.8 Å². The van der Waals surface area contributed by atoms with Crippen molar-refractivity contribution < 1.29 is 12.6 Å². The van der Waals surface area contributed by atoms with Gasteiger partial charge in [0, 0.05) is 21.6 Å². The van der Waals surface area contributed by atoms with Crippen molar-refractivity contribution in [1.29, 1.82) is 0 Å². The molecule has 0 fully saturated rings. The Morgan fingerprint density at radius 3 is 2.80 bits per heavy atom.